The zero-order valence-corrected chi connectivity index (χ0v) is 15.2. The first-order chi connectivity index (χ1) is 12.3. The summed E-state index contributed by atoms with van der Waals surface area (Å²) in [6, 6.07) is 6.10. The van der Waals surface area contributed by atoms with Crippen LogP contribution in [0, 0.1) is 0 Å². The lowest BCUT2D eigenvalue weighted by Crippen LogP contribution is -2.47. The molecule has 0 unspecified atom stereocenters. The second-order valence-electron chi connectivity index (χ2n) is 6.51. The van der Waals surface area contributed by atoms with Gasteiger partial charge in [0, 0.05) is 42.0 Å². The predicted octanol–water partition coefficient (Wildman–Crippen LogP) is 2.98. The molecular weight excluding hydrogens is 384 g/mol. The van der Waals surface area contributed by atoms with Crippen molar-refractivity contribution in [1.82, 2.24) is 20.1 Å². The van der Waals surface area contributed by atoms with Crippen LogP contribution in [0.15, 0.2) is 33.5 Å². The first-order valence-corrected chi connectivity index (χ1v) is 9.31. The van der Waals surface area contributed by atoms with Crippen LogP contribution in [0.25, 0.3) is 10.9 Å². The lowest BCUT2D eigenvalue weighted by molar-refractivity contribution is 0.378. The van der Waals surface area contributed by atoms with E-state index in [9.17, 15) is 0 Å². The lowest BCUT2D eigenvalue weighted by atomic mass is 10.2. The topological polar surface area (TPSA) is 71.2 Å². The van der Waals surface area contributed by atoms with Crippen molar-refractivity contribution in [2.45, 2.75) is 18.8 Å². The highest BCUT2D eigenvalue weighted by atomic mass is 79.9. The number of rotatable bonds is 3. The SMILES string of the molecule is Brc1cccc2c(N3CCN(c4noc(C5CC5)n4)CC3)ncnc12. The van der Waals surface area contributed by atoms with Gasteiger partial charge in [-0.1, -0.05) is 6.07 Å². The van der Waals surface area contributed by atoms with Gasteiger partial charge in [-0.25, -0.2) is 9.97 Å². The average Bonchev–Trinajstić information content (AvgIpc) is 3.39. The molecule has 2 aromatic heterocycles. The molecule has 0 spiro atoms. The van der Waals surface area contributed by atoms with Crippen molar-refractivity contribution in [1.29, 1.82) is 0 Å². The second-order valence-corrected chi connectivity index (χ2v) is 7.37. The molecular formula is C17H17BrN6O. The molecule has 0 N–H and O–H groups in total. The van der Waals surface area contributed by atoms with Crippen molar-refractivity contribution in [2.24, 2.45) is 0 Å². The number of piperazine rings is 1. The molecule has 25 heavy (non-hydrogen) atoms. The maximum Gasteiger partial charge on any atom is 0.266 e. The average molecular weight is 401 g/mol. The number of hydrogen-bond acceptors (Lipinski definition) is 7. The number of hydrogen-bond donors (Lipinski definition) is 0. The van der Waals surface area contributed by atoms with Gasteiger partial charge in [0.1, 0.15) is 12.1 Å². The Kier molecular flexibility index (Phi) is 3.58. The van der Waals surface area contributed by atoms with Crippen LogP contribution in [0.4, 0.5) is 11.8 Å². The zero-order valence-electron chi connectivity index (χ0n) is 13.6. The molecule has 0 radical (unpaired) electrons. The largest absolute Gasteiger partial charge is 0.352 e. The number of para-hydroxylation sites is 1. The summed E-state index contributed by atoms with van der Waals surface area (Å²) in [6.45, 7) is 3.43. The molecule has 0 atom stereocenters. The molecule has 8 heteroatoms. The number of anilines is 2. The molecule has 2 fully saturated rings. The minimum absolute atomic E-state index is 0.494. The van der Waals surface area contributed by atoms with Crippen molar-refractivity contribution in [3.63, 3.8) is 0 Å². The van der Waals surface area contributed by atoms with Gasteiger partial charge in [-0.2, -0.15) is 4.98 Å². The summed E-state index contributed by atoms with van der Waals surface area (Å²) in [4.78, 5) is 18.0. The van der Waals surface area contributed by atoms with Crippen LogP contribution in [0.2, 0.25) is 0 Å². The van der Waals surface area contributed by atoms with E-state index in [1.54, 1.807) is 6.33 Å². The van der Waals surface area contributed by atoms with Crippen molar-refractivity contribution >= 4 is 38.6 Å². The van der Waals surface area contributed by atoms with Crippen LogP contribution in [-0.2, 0) is 0 Å². The third kappa shape index (κ3) is 2.74. The van der Waals surface area contributed by atoms with E-state index < -0.39 is 0 Å². The van der Waals surface area contributed by atoms with Crippen LogP contribution in [0.5, 0.6) is 0 Å². The normalized spacial score (nSPS) is 18.1. The quantitative estimate of drug-likeness (QED) is 0.668. The van der Waals surface area contributed by atoms with E-state index in [1.807, 2.05) is 12.1 Å². The number of halogens is 1. The first kappa shape index (κ1) is 15.1. The fourth-order valence-electron chi connectivity index (χ4n) is 3.26. The lowest BCUT2D eigenvalue weighted by Gasteiger charge is -2.35. The minimum atomic E-state index is 0.494. The summed E-state index contributed by atoms with van der Waals surface area (Å²) in [6.07, 6.45) is 3.98. The monoisotopic (exact) mass is 400 g/mol. The van der Waals surface area contributed by atoms with Gasteiger partial charge in [0.15, 0.2) is 0 Å². The van der Waals surface area contributed by atoms with Crippen molar-refractivity contribution in [3.8, 4) is 0 Å². The smallest absolute Gasteiger partial charge is 0.266 e. The Morgan fingerprint density at radius 1 is 1.04 bits per heavy atom. The third-order valence-electron chi connectivity index (χ3n) is 4.81. The molecule has 1 aliphatic heterocycles. The Morgan fingerprint density at radius 3 is 2.64 bits per heavy atom. The number of fused-ring (bicyclic) bond motifs is 1. The number of aromatic nitrogens is 4. The molecule has 0 amide bonds. The third-order valence-corrected chi connectivity index (χ3v) is 5.45. The van der Waals surface area contributed by atoms with E-state index in [0.717, 1.165) is 59.2 Å². The van der Waals surface area contributed by atoms with Crippen LogP contribution in [-0.4, -0.2) is 46.3 Å². The summed E-state index contributed by atoms with van der Waals surface area (Å²) in [5.74, 6) is 2.99. The Bertz CT molecular complexity index is 916. The van der Waals surface area contributed by atoms with Gasteiger partial charge in [0.2, 0.25) is 5.89 Å². The van der Waals surface area contributed by atoms with Crippen LogP contribution >= 0.6 is 15.9 Å². The fourth-order valence-corrected chi connectivity index (χ4v) is 3.73. The van der Waals surface area contributed by atoms with Gasteiger partial charge in [-0.05, 0) is 46.1 Å². The molecule has 7 nitrogen and oxygen atoms in total. The summed E-state index contributed by atoms with van der Waals surface area (Å²) < 4.78 is 6.37. The Balaban J connectivity index is 1.35. The molecule has 1 aromatic carbocycles. The fraction of sp³-hybridized carbons (Fsp3) is 0.412. The van der Waals surface area contributed by atoms with E-state index in [-0.39, 0.29) is 0 Å². The summed E-state index contributed by atoms with van der Waals surface area (Å²) in [5.41, 5.74) is 0.946. The number of benzene rings is 1. The summed E-state index contributed by atoms with van der Waals surface area (Å²) in [5, 5.41) is 5.22. The first-order valence-electron chi connectivity index (χ1n) is 8.52. The van der Waals surface area contributed by atoms with Gasteiger partial charge in [-0.15, -0.1) is 0 Å². The number of nitrogens with zero attached hydrogens (tertiary/aromatic N) is 6. The highest BCUT2D eigenvalue weighted by Crippen LogP contribution is 2.39. The molecule has 2 aliphatic rings. The second kappa shape index (κ2) is 5.94. The molecule has 3 aromatic rings. The Morgan fingerprint density at radius 2 is 1.84 bits per heavy atom. The molecule has 1 saturated carbocycles. The maximum atomic E-state index is 5.38. The van der Waals surface area contributed by atoms with Crippen LogP contribution in [0.1, 0.15) is 24.7 Å². The Labute approximate surface area is 153 Å². The molecule has 5 rings (SSSR count). The maximum absolute atomic E-state index is 5.38. The van der Waals surface area contributed by atoms with Crippen LogP contribution in [0.3, 0.4) is 0 Å². The van der Waals surface area contributed by atoms with Crippen molar-refractivity contribution in [2.75, 3.05) is 36.0 Å². The van der Waals surface area contributed by atoms with E-state index in [2.05, 4.69) is 51.9 Å². The Hall–Kier alpha value is -2.22. The molecule has 0 bridgehead atoms. The molecule has 3 heterocycles. The summed E-state index contributed by atoms with van der Waals surface area (Å²) >= 11 is 3.57. The van der Waals surface area contributed by atoms with E-state index >= 15 is 0 Å². The molecule has 1 saturated heterocycles. The van der Waals surface area contributed by atoms with Gasteiger partial charge >= 0.3 is 0 Å². The molecule has 1 aliphatic carbocycles. The van der Waals surface area contributed by atoms with Gasteiger partial charge in [0.25, 0.3) is 5.95 Å². The van der Waals surface area contributed by atoms with Crippen molar-refractivity contribution in [3.05, 3.63) is 34.9 Å². The zero-order chi connectivity index (χ0) is 16.8. The van der Waals surface area contributed by atoms with Gasteiger partial charge < -0.3 is 14.3 Å². The predicted molar refractivity (Wildman–Crippen MR) is 97.9 cm³/mol. The van der Waals surface area contributed by atoms with Gasteiger partial charge in [0.05, 0.1) is 5.52 Å². The molecule has 128 valence electrons. The van der Waals surface area contributed by atoms with Gasteiger partial charge in [-0.3, -0.25) is 0 Å². The van der Waals surface area contributed by atoms with Crippen LogP contribution < -0.4 is 9.80 Å². The minimum Gasteiger partial charge on any atom is -0.352 e. The summed E-state index contributed by atoms with van der Waals surface area (Å²) in [7, 11) is 0. The van der Waals surface area contributed by atoms with E-state index in [0.29, 0.717) is 5.92 Å². The van der Waals surface area contributed by atoms with Crippen molar-refractivity contribution < 1.29 is 4.52 Å². The standard InChI is InChI=1S/C17H17BrN6O/c18-13-3-1-2-12-14(13)19-10-20-15(12)23-6-8-24(9-7-23)17-21-16(25-22-17)11-4-5-11/h1-3,10-11H,4-9H2. The van der Waals surface area contributed by atoms with E-state index in [1.165, 1.54) is 12.8 Å². The van der Waals surface area contributed by atoms with E-state index in [4.69, 9.17) is 4.52 Å². The highest BCUT2D eigenvalue weighted by molar-refractivity contribution is 9.10. The highest BCUT2D eigenvalue weighted by Gasteiger charge is 2.31.